The number of hydrogen-bond acceptors (Lipinski definition) is 4. The third kappa shape index (κ3) is 1.54. The lowest BCUT2D eigenvalue weighted by Gasteiger charge is -2.03. The highest BCUT2D eigenvalue weighted by atomic mass is 35.5. The van der Waals surface area contributed by atoms with Gasteiger partial charge in [0.25, 0.3) is 0 Å². The molecule has 0 aliphatic carbocycles. The van der Waals surface area contributed by atoms with Gasteiger partial charge in [0, 0.05) is 6.07 Å². The summed E-state index contributed by atoms with van der Waals surface area (Å²) in [5, 5.41) is 11.0. The second kappa shape index (κ2) is 3.63. The molecule has 1 heterocycles. The first-order valence-corrected chi connectivity index (χ1v) is 4.27. The number of aromatic nitrogens is 4. The first-order chi connectivity index (χ1) is 6.81. The van der Waals surface area contributed by atoms with Gasteiger partial charge in [-0.15, -0.1) is 0 Å². The SMILES string of the molecule is COc1cccc(-n2nnnc2Cl)c1. The minimum absolute atomic E-state index is 0.221. The molecule has 2 aromatic rings. The molecule has 0 saturated heterocycles. The summed E-state index contributed by atoms with van der Waals surface area (Å²) in [6.07, 6.45) is 0. The van der Waals surface area contributed by atoms with Crippen LogP contribution < -0.4 is 4.74 Å². The number of halogens is 1. The topological polar surface area (TPSA) is 52.8 Å². The first kappa shape index (κ1) is 8.96. The van der Waals surface area contributed by atoms with Crippen LogP contribution in [0, 0.1) is 0 Å². The molecular formula is C8H7ClN4O. The molecular weight excluding hydrogens is 204 g/mol. The largest absolute Gasteiger partial charge is 0.497 e. The molecule has 2 rings (SSSR count). The molecule has 14 heavy (non-hydrogen) atoms. The van der Waals surface area contributed by atoms with Gasteiger partial charge in [0.15, 0.2) is 0 Å². The average Bonchev–Trinajstić information content (AvgIpc) is 2.65. The molecule has 1 aromatic carbocycles. The molecule has 0 saturated carbocycles. The third-order valence-corrected chi connectivity index (χ3v) is 1.97. The molecule has 0 radical (unpaired) electrons. The van der Waals surface area contributed by atoms with Crippen molar-refractivity contribution >= 4 is 11.6 Å². The van der Waals surface area contributed by atoms with Gasteiger partial charge in [0.1, 0.15) is 5.75 Å². The lowest BCUT2D eigenvalue weighted by atomic mass is 10.3. The highest BCUT2D eigenvalue weighted by Gasteiger charge is 2.05. The summed E-state index contributed by atoms with van der Waals surface area (Å²) in [4.78, 5) is 0. The van der Waals surface area contributed by atoms with Gasteiger partial charge < -0.3 is 4.74 Å². The van der Waals surface area contributed by atoms with E-state index < -0.39 is 0 Å². The van der Waals surface area contributed by atoms with E-state index in [4.69, 9.17) is 16.3 Å². The lowest BCUT2D eigenvalue weighted by molar-refractivity contribution is 0.414. The van der Waals surface area contributed by atoms with E-state index in [-0.39, 0.29) is 5.28 Å². The second-order valence-corrected chi connectivity index (χ2v) is 2.90. The van der Waals surface area contributed by atoms with Crippen molar-refractivity contribution in [2.75, 3.05) is 7.11 Å². The third-order valence-electron chi connectivity index (χ3n) is 1.73. The summed E-state index contributed by atoms with van der Waals surface area (Å²) < 4.78 is 6.49. The summed E-state index contributed by atoms with van der Waals surface area (Å²) in [7, 11) is 1.60. The van der Waals surface area contributed by atoms with Crippen LogP contribution in [0.15, 0.2) is 24.3 Å². The van der Waals surface area contributed by atoms with Crippen molar-refractivity contribution in [1.82, 2.24) is 20.2 Å². The van der Waals surface area contributed by atoms with Crippen LogP contribution in [0.4, 0.5) is 0 Å². The van der Waals surface area contributed by atoms with Gasteiger partial charge in [0.2, 0.25) is 5.28 Å². The molecule has 72 valence electrons. The monoisotopic (exact) mass is 210 g/mol. The molecule has 0 unspecified atom stereocenters. The lowest BCUT2D eigenvalue weighted by Crippen LogP contribution is -1.97. The average molecular weight is 211 g/mol. The molecule has 0 amide bonds. The maximum Gasteiger partial charge on any atom is 0.247 e. The first-order valence-electron chi connectivity index (χ1n) is 3.89. The Balaban J connectivity index is 2.47. The van der Waals surface area contributed by atoms with Crippen LogP contribution in [0.5, 0.6) is 5.75 Å². The number of methoxy groups -OCH3 is 1. The zero-order chi connectivity index (χ0) is 9.97. The Bertz CT molecular complexity index is 442. The molecule has 0 spiro atoms. The molecule has 0 aliphatic heterocycles. The van der Waals surface area contributed by atoms with Gasteiger partial charge in [-0.2, -0.15) is 4.68 Å². The van der Waals surface area contributed by atoms with Crippen LogP contribution in [0.2, 0.25) is 5.28 Å². The van der Waals surface area contributed by atoms with E-state index in [9.17, 15) is 0 Å². The van der Waals surface area contributed by atoms with Crippen molar-refractivity contribution in [3.8, 4) is 11.4 Å². The smallest absolute Gasteiger partial charge is 0.247 e. The molecule has 0 atom stereocenters. The van der Waals surface area contributed by atoms with Crippen LogP contribution in [0.25, 0.3) is 5.69 Å². The van der Waals surface area contributed by atoms with Gasteiger partial charge in [0.05, 0.1) is 12.8 Å². The Kier molecular flexibility index (Phi) is 2.32. The maximum atomic E-state index is 5.76. The Morgan fingerprint density at radius 2 is 2.29 bits per heavy atom. The van der Waals surface area contributed by atoms with Gasteiger partial charge in [-0.05, 0) is 34.2 Å². The van der Waals surface area contributed by atoms with Gasteiger partial charge in [-0.3, -0.25) is 0 Å². The quantitative estimate of drug-likeness (QED) is 0.750. The standard InChI is InChI=1S/C8H7ClN4O/c1-14-7-4-2-3-6(5-7)13-8(9)10-11-12-13/h2-5H,1H3. The zero-order valence-electron chi connectivity index (χ0n) is 7.38. The predicted octanol–water partition coefficient (Wildman–Crippen LogP) is 1.32. The van der Waals surface area contributed by atoms with Crippen LogP contribution in [-0.2, 0) is 0 Å². The minimum Gasteiger partial charge on any atom is -0.497 e. The van der Waals surface area contributed by atoms with Crippen molar-refractivity contribution in [2.24, 2.45) is 0 Å². The van der Waals surface area contributed by atoms with E-state index in [1.165, 1.54) is 4.68 Å². The Hall–Kier alpha value is -1.62. The molecule has 0 fully saturated rings. The van der Waals surface area contributed by atoms with Crippen molar-refractivity contribution in [2.45, 2.75) is 0 Å². The van der Waals surface area contributed by atoms with Crippen molar-refractivity contribution in [3.05, 3.63) is 29.5 Å². The summed E-state index contributed by atoms with van der Waals surface area (Å²) in [5.74, 6) is 0.731. The van der Waals surface area contributed by atoms with Gasteiger partial charge in [-0.1, -0.05) is 11.2 Å². The van der Waals surface area contributed by atoms with Crippen molar-refractivity contribution in [1.29, 1.82) is 0 Å². The fourth-order valence-electron chi connectivity index (χ4n) is 1.08. The van der Waals surface area contributed by atoms with Crippen LogP contribution in [-0.4, -0.2) is 27.3 Å². The van der Waals surface area contributed by atoms with E-state index in [0.29, 0.717) is 0 Å². The highest BCUT2D eigenvalue weighted by molar-refractivity contribution is 6.28. The van der Waals surface area contributed by atoms with Crippen LogP contribution >= 0.6 is 11.6 Å². The summed E-state index contributed by atoms with van der Waals surface area (Å²) in [5.41, 5.74) is 0.763. The number of nitrogens with zero attached hydrogens (tertiary/aromatic N) is 4. The highest BCUT2D eigenvalue weighted by Crippen LogP contribution is 2.17. The second-order valence-electron chi connectivity index (χ2n) is 2.56. The van der Waals surface area contributed by atoms with E-state index in [1.807, 2.05) is 18.2 Å². The van der Waals surface area contributed by atoms with E-state index in [0.717, 1.165) is 11.4 Å². The fraction of sp³-hybridized carbons (Fsp3) is 0.125. The maximum absolute atomic E-state index is 5.76. The Morgan fingerprint density at radius 1 is 1.43 bits per heavy atom. The van der Waals surface area contributed by atoms with Gasteiger partial charge >= 0.3 is 0 Å². The van der Waals surface area contributed by atoms with Crippen LogP contribution in [0.3, 0.4) is 0 Å². The predicted molar refractivity (Wildman–Crippen MR) is 50.7 cm³/mol. The number of benzene rings is 1. The summed E-state index contributed by atoms with van der Waals surface area (Å²) in [6, 6.07) is 7.31. The molecule has 0 bridgehead atoms. The Morgan fingerprint density at radius 3 is 2.93 bits per heavy atom. The molecule has 6 heteroatoms. The number of tetrazole rings is 1. The normalized spacial score (nSPS) is 10.1. The summed E-state index contributed by atoms with van der Waals surface area (Å²) in [6.45, 7) is 0. The van der Waals surface area contributed by atoms with E-state index in [1.54, 1.807) is 13.2 Å². The number of rotatable bonds is 2. The summed E-state index contributed by atoms with van der Waals surface area (Å²) >= 11 is 5.76. The van der Waals surface area contributed by atoms with Gasteiger partial charge in [-0.25, -0.2) is 0 Å². The van der Waals surface area contributed by atoms with E-state index in [2.05, 4.69) is 15.5 Å². The molecule has 1 aromatic heterocycles. The van der Waals surface area contributed by atoms with Crippen LogP contribution in [0.1, 0.15) is 0 Å². The number of hydrogen-bond donors (Lipinski definition) is 0. The van der Waals surface area contributed by atoms with Crippen molar-refractivity contribution in [3.63, 3.8) is 0 Å². The molecule has 5 nitrogen and oxygen atoms in total. The molecule has 0 aliphatic rings. The zero-order valence-corrected chi connectivity index (χ0v) is 8.14. The fourth-order valence-corrected chi connectivity index (χ4v) is 1.24. The minimum atomic E-state index is 0.221. The number of ether oxygens (including phenoxy) is 1. The molecule has 0 N–H and O–H groups in total. The van der Waals surface area contributed by atoms with Crippen molar-refractivity contribution < 1.29 is 4.74 Å². The Labute approximate surface area is 85.3 Å². The van der Waals surface area contributed by atoms with E-state index >= 15 is 0 Å².